The van der Waals surface area contributed by atoms with E-state index in [1.54, 1.807) is 12.1 Å². The van der Waals surface area contributed by atoms with Gasteiger partial charge >= 0.3 is 0 Å². The van der Waals surface area contributed by atoms with Crippen LogP contribution in [0.2, 0.25) is 5.02 Å². The van der Waals surface area contributed by atoms with E-state index in [-0.39, 0.29) is 28.1 Å². The quantitative estimate of drug-likeness (QED) is 0.851. The lowest BCUT2D eigenvalue weighted by Crippen LogP contribution is -2.23. The summed E-state index contributed by atoms with van der Waals surface area (Å²) in [6.07, 6.45) is 0. The molecule has 114 valence electrons. The number of carboxylic acid groups (broad SMARTS) is 1. The van der Waals surface area contributed by atoms with Gasteiger partial charge in [0.15, 0.2) is 0 Å². The molecule has 1 amide bonds. The number of carboxylic acids is 1. The standard InChI is InChI=1S/C15H11ClFNO3S/c16-13-6-3-10(7-12(13)15(20)21)18-14(19)8-22-11-4-1-9(17)2-5-11/h1-7H,8H2,(H,18,19)(H,20,21)/p-1. The van der Waals surface area contributed by atoms with Crippen molar-refractivity contribution in [2.75, 3.05) is 11.1 Å². The lowest BCUT2D eigenvalue weighted by atomic mass is 10.2. The van der Waals surface area contributed by atoms with Crippen LogP contribution in [-0.2, 0) is 4.79 Å². The highest BCUT2D eigenvalue weighted by molar-refractivity contribution is 8.00. The summed E-state index contributed by atoms with van der Waals surface area (Å²) in [5.41, 5.74) is 0.124. The first-order valence-electron chi connectivity index (χ1n) is 6.15. The van der Waals surface area contributed by atoms with Crippen molar-refractivity contribution in [3.05, 3.63) is 58.9 Å². The number of benzene rings is 2. The van der Waals surface area contributed by atoms with E-state index in [0.29, 0.717) is 5.69 Å². The van der Waals surface area contributed by atoms with Gasteiger partial charge < -0.3 is 15.2 Å². The molecule has 0 aliphatic rings. The third-order valence-electron chi connectivity index (χ3n) is 2.65. The van der Waals surface area contributed by atoms with Gasteiger partial charge in [0.2, 0.25) is 5.91 Å². The molecular weight excluding hydrogens is 329 g/mol. The predicted octanol–water partition coefficient (Wildman–Crippen LogP) is 2.57. The topological polar surface area (TPSA) is 69.2 Å². The van der Waals surface area contributed by atoms with Crippen LogP contribution in [0.1, 0.15) is 10.4 Å². The number of thioether (sulfide) groups is 1. The lowest BCUT2D eigenvalue weighted by molar-refractivity contribution is -0.255. The Balaban J connectivity index is 1.96. The molecule has 4 nitrogen and oxygen atoms in total. The maximum absolute atomic E-state index is 12.8. The highest BCUT2D eigenvalue weighted by Crippen LogP contribution is 2.21. The number of halogens is 2. The van der Waals surface area contributed by atoms with Gasteiger partial charge in [0.05, 0.1) is 11.7 Å². The predicted molar refractivity (Wildman–Crippen MR) is 81.5 cm³/mol. The minimum Gasteiger partial charge on any atom is -0.545 e. The van der Waals surface area contributed by atoms with Crippen LogP contribution in [0.4, 0.5) is 10.1 Å². The largest absolute Gasteiger partial charge is 0.545 e. The number of aromatic carboxylic acids is 1. The van der Waals surface area contributed by atoms with Gasteiger partial charge in [-0.15, -0.1) is 11.8 Å². The summed E-state index contributed by atoms with van der Waals surface area (Å²) in [7, 11) is 0. The van der Waals surface area contributed by atoms with Gasteiger partial charge in [-0.2, -0.15) is 0 Å². The third kappa shape index (κ3) is 4.47. The van der Waals surface area contributed by atoms with Gasteiger partial charge in [0, 0.05) is 21.2 Å². The fourth-order valence-electron chi connectivity index (χ4n) is 1.64. The monoisotopic (exact) mass is 338 g/mol. The maximum atomic E-state index is 12.8. The molecule has 2 aromatic rings. The van der Waals surface area contributed by atoms with Crippen molar-refractivity contribution in [2.24, 2.45) is 0 Å². The zero-order chi connectivity index (χ0) is 16.1. The van der Waals surface area contributed by atoms with Crippen molar-refractivity contribution in [2.45, 2.75) is 4.90 Å². The zero-order valence-corrected chi connectivity index (χ0v) is 12.7. The molecule has 22 heavy (non-hydrogen) atoms. The number of rotatable bonds is 5. The first-order chi connectivity index (χ1) is 10.5. The first-order valence-corrected chi connectivity index (χ1v) is 7.51. The Bertz CT molecular complexity index is 706. The summed E-state index contributed by atoms with van der Waals surface area (Å²) in [6.45, 7) is 0. The van der Waals surface area contributed by atoms with Crippen molar-refractivity contribution < 1.29 is 19.1 Å². The molecule has 0 fully saturated rings. The summed E-state index contributed by atoms with van der Waals surface area (Å²) in [5, 5.41) is 13.5. The van der Waals surface area contributed by atoms with Crippen LogP contribution in [-0.4, -0.2) is 17.6 Å². The van der Waals surface area contributed by atoms with Crippen molar-refractivity contribution in [3.63, 3.8) is 0 Å². The molecule has 0 aliphatic carbocycles. The van der Waals surface area contributed by atoms with E-state index in [2.05, 4.69) is 5.32 Å². The number of hydrogen-bond donors (Lipinski definition) is 1. The molecule has 7 heteroatoms. The van der Waals surface area contributed by atoms with Gasteiger partial charge in [0.1, 0.15) is 5.82 Å². The van der Waals surface area contributed by atoms with E-state index >= 15 is 0 Å². The second-order valence-electron chi connectivity index (χ2n) is 4.27. The number of carbonyl (C=O) groups excluding carboxylic acids is 2. The molecule has 0 saturated heterocycles. The van der Waals surface area contributed by atoms with Gasteiger partial charge in [-0.25, -0.2) is 4.39 Å². The molecule has 0 aromatic heterocycles. The Hall–Kier alpha value is -2.05. The van der Waals surface area contributed by atoms with Crippen LogP contribution >= 0.6 is 23.4 Å². The fraction of sp³-hybridized carbons (Fsp3) is 0.0667. The number of anilines is 1. The van der Waals surface area contributed by atoms with Crippen LogP contribution in [0.15, 0.2) is 47.4 Å². The van der Waals surface area contributed by atoms with E-state index in [1.807, 2.05) is 0 Å². The van der Waals surface area contributed by atoms with Crippen molar-refractivity contribution in [3.8, 4) is 0 Å². The lowest BCUT2D eigenvalue weighted by Gasteiger charge is -2.09. The highest BCUT2D eigenvalue weighted by Gasteiger charge is 2.07. The van der Waals surface area contributed by atoms with Gasteiger partial charge in [-0.3, -0.25) is 4.79 Å². The molecule has 0 aliphatic heterocycles. The van der Waals surface area contributed by atoms with Crippen LogP contribution in [0, 0.1) is 5.82 Å². The van der Waals surface area contributed by atoms with E-state index in [1.165, 1.54) is 42.1 Å². The Morgan fingerprint density at radius 1 is 1.18 bits per heavy atom. The number of nitrogens with one attached hydrogen (secondary N) is 1. The molecule has 0 unspecified atom stereocenters. The minimum atomic E-state index is -1.42. The second-order valence-corrected chi connectivity index (χ2v) is 5.73. The van der Waals surface area contributed by atoms with E-state index in [0.717, 1.165) is 4.90 Å². The van der Waals surface area contributed by atoms with Crippen LogP contribution in [0.3, 0.4) is 0 Å². The summed E-state index contributed by atoms with van der Waals surface area (Å²) in [5.74, 6) is -1.97. The molecule has 1 N–H and O–H groups in total. The normalized spacial score (nSPS) is 10.3. The zero-order valence-electron chi connectivity index (χ0n) is 11.1. The van der Waals surface area contributed by atoms with Crippen molar-refractivity contribution >= 4 is 40.9 Å². The SMILES string of the molecule is O=C(CSc1ccc(F)cc1)Nc1ccc(Cl)c(C(=O)[O-])c1. The molecular formula is C15H10ClFNO3S-. The Morgan fingerprint density at radius 2 is 1.86 bits per heavy atom. The maximum Gasteiger partial charge on any atom is 0.234 e. The summed E-state index contributed by atoms with van der Waals surface area (Å²) >= 11 is 6.95. The Labute approximate surface area is 135 Å². The van der Waals surface area contributed by atoms with Crippen molar-refractivity contribution in [1.82, 2.24) is 0 Å². The van der Waals surface area contributed by atoms with Crippen LogP contribution in [0.5, 0.6) is 0 Å². The molecule has 0 heterocycles. The van der Waals surface area contributed by atoms with Gasteiger partial charge in [-0.1, -0.05) is 11.6 Å². The number of carbonyl (C=O) groups is 2. The summed E-state index contributed by atoms with van der Waals surface area (Å²) < 4.78 is 12.8. The van der Waals surface area contributed by atoms with Crippen LogP contribution < -0.4 is 10.4 Å². The Kier molecular flexibility index (Phi) is 5.41. The van der Waals surface area contributed by atoms with Gasteiger partial charge in [0.25, 0.3) is 0 Å². The molecule has 2 rings (SSSR count). The van der Waals surface area contributed by atoms with Crippen molar-refractivity contribution in [1.29, 1.82) is 0 Å². The average Bonchev–Trinajstić information content (AvgIpc) is 2.48. The van der Waals surface area contributed by atoms with E-state index in [4.69, 9.17) is 11.6 Å². The number of amides is 1. The molecule has 0 spiro atoms. The smallest absolute Gasteiger partial charge is 0.234 e. The summed E-state index contributed by atoms with van der Waals surface area (Å²) in [4.78, 5) is 23.4. The molecule has 0 saturated carbocycles. The molecule has 2 aromatic carbocycles. The number of hydrogen-bond acceptors (Lipinski definition) is 4. The first kappa shape index (κ1) is 16.3. The minimum absolute atomic E-state index is 0.0405. The highest BCUT2D eigenvalue weighted by atomic mass is 35.5. The third-order valence-corrected chi connectivity index (χ3v) is 4.00. The van der Waals surface area contributed by atoms with E-state index < -0.39 is 5.97 Å². The molecule has 0 bridgehead atoms. The van der Waals surface area contributed by atoms with Crippen LogP contribution in [0.25, 0.3) is 0 Å². The molecule has 0 radical (unpaired) electrons. The fourth-order valence-corrected chi connectivity index (χ4v) is 2.53. The summed E-state index contributed by atoms with van der Waals surface area (Å²) in [6, 6.07) is 9.87. The van der Waals surface area contributed by atoms with Gasteiger partial charge in [-0.05, 0) is 42.5 Å². The molecule has 0 atom stereocenters. The second kappa shape index (κ2) is 7.29. The Morgan fingerprint density at radius 3 is 2.50 bits per heavy atom. The van der Waals surface area contributed by atoms with E-state index in [9.17, 15) is 19.1 Å². The average molecular weight is 339 g/mol.